The molecular weight excluding hydrogens is 290 g/mol. The highest BCUT2D eigenvalue weighted by molar-refractivity contribution is 6.33. The Morgan fingerprint density at radius 2 is 2.38 bits per heavy atom. The quantitative estimate of drug-likeness (QED) is 0.877. The Hall–Kier alpha value is -1.33. The zero-order valence-corrected chi connectivity index (χ0v) is 13.2. The van der Waals surface area contributed by atoms with Crippen molar-refractivity contribution in [2.45, 2.75) is 45.3 Å². The lowest BCUT2D eigenvalue weighted by Crippen LogP contribution is -2.41. The smallest absolute Gasteiger partial charge is 0.253 e. The van der Waals surface area contributed by atoms with E-state index in [-0.39, 0.29) is 18.1 Å². The maximum atomic E-state index is 12.2. The number of amides is 1. The van der Waals surface area contributed by atoms with E-state index in [1.54, 1.807) is 12.3 Å². The molecule has 1 fully saturated rings. The van der Waals surface area contributed by atoms with Crippen LogP contribution in [-0.4, -0.2) is 36.2 Å². The second-order valence-electron chi connectivity index (χ2n) is 5.36. The van der Waals surface area contributed by atoms with Crippen LogP contribution >= 0.6 is 11.6 Å². The second kappa shape index (κ2) is 7.61. The Labute approximate surface area is 130 Å². The number of anilines is 1. The van der Waals surface area contributed by atoms with Gasteiger partial charge in [-0.1, -0.05) is 18.5 Å². The summed E-state index contributed by atoms with van der Waals surface area (Å²) in [4.78, 5) is 16.4. The molecule has 21 heavy (non-hydrogen) atoms. The minimum atomic E-state index is -0.134. The molecule has 0 spiro atoms. The van der Waals surface area contributed by atoms with Crippen molar-refractivity contribution in [2.75, 3.05) is 18.5 Å². The van der Waals surface area contributed by atoms with E-state index in [0.717, 1.165) is 25.8 Å². The number of hydrogen-bond acceptors (Lipinski definition) is 4. The molecule has 2 unspecified atom stereocenters. The fraction of sp³-hybridized carbons (Fsp3) is 0.600. The van der Waals surface area contributed by atoms with Crippen LogP contribution in [0.2, 0.25) is 5.02 Å². The summed E-state index contributed by atoms with van der Waals surface area (Å²) in [6.07, 6.45) is 4.41. The van der Waals surface area contributed by atoms with Crippen molar-refractivity contribution in [3.8, 4) is 0 Å². The van der Waals surface area contributed by atoms with Crippen molar-refractivity contribution in [1.82, 2.24) is 10.3 Å². The highest BCUT2D eigenvalue weighted by atomic mass is 35.5. The Balaban J connectivity index is 1.97. The maximum absolute atomic E-state index is 12.2. The minimum absolute atomic E-state index is 0.134. The highest BCUT2D eigenvalue weighted by Crippen LogP contribution is 2.20. The number of aromatic nitrogens is 1. The molecule has 1 aromatic heterocycles. The number of halogens is 1. The third-order valence-corrected chi connectivity index (χ3v) is 3.75. The molecule has 0 aromatic carbocycles. The molecule has 0 radical (unpaired) electrons. The van der Waals surface area contributed by atoms with Gasteiger partial charge in [-0.2, -0.15) is 0 Å². The average molecular weight is 312 g/mol. The van der Waals surface area contributed by atoms with Gasteiger partial charge in [0.25, 0.3) is 5.91 Å². The maximum Gasteiger partial charge on any atom is 0.253 e. The van der Waals surface area contributed by atoms with Gasteiger partial charge in [0.05, 0.1) is 16.7 Å². The van der Waals surface area contributed by atoms with Crippen molar-refractivity contribution >= 4 is 23.3 Å². The van der Waals surface area contributed by atoms with Crippen LogP contribution in [0.5, 0.6) is 0 Å². The number of pyridine rings is 1. The van der Waals surface area contributed by atoms with Gasteiger partial charge >= 0.3 is 0 Å². The van der Waals surface area contributed by atoms with Crippen molar-refractivity contribution in [3.05, 3.63) is 22.8 Å². The predicted octanol–water partition coefficient (Wildman–Crippen LogP) is 2.85. The molecule has 1 aliphatic rings. The van der Waals surface area contributed by atoms with Crippen LogP contribution in [0.1, 0.15) is 43.5 Å². The lowest BCUT2D eigenvalue weighted by molar-refractivity contribution is 0.0136. The zero-order valence-electron chi connectivity index (χ0n) is 12.5. The van der Waals surface area contributed by atoms with E-state index in [0.29, 0.717) is 23.0 Å². The molecule has 2 heterocycles. The van der Waals surface area contributed by atoms with Gasteiger partial charge in [-0.15, -0.1) is 0 Å². The predicted molar refractivity (Wildman–Crippen MR) is 83.9 cm³/mol. The summed E-state index contributed by atoms with van der Waals surface area (Å²) >= 11 is 6.15. The Bertz CT molecular complexity index is 496. The summed E-state index contributed by atoms with van der Waals surface area (Å²) in [5, 5.41) is 6.61. The molecule has 1 aliphatic heterocycles. The summed E-state index contributed by atoms with van der Waals surface area (Å²) in [6.45, 7) is 5.58. The Morgan fingerprint density at radius 3 is 3.05 bits per heavy atom. The number of nitrogens with zero attached hydrogens (tertiary/aromatic N) is 1. The van der Waals surface area contributed by atoms with E-state index < -0.39 is 0 Å². The van der Waals surface area contributed by atoms with Crippen molar-refractivity contribution in [2.24, 2.45) is 0 Å². The monoisotopic (exact) mass is 311 g/mol. The third kappa shape index (κ3) is 4.58. The largest absolute Gasteiger partial charge is 0.378 e. The summed E-state index contributed by atoms with van der Waals surface area (Å²) in [6, 6.07) is 1.81. The SMILES string of the molecule is CCCNc1ncc(C(=O)NC2CCOC(C)C2)cc1Cl. The topological polar surface area (TPSA) is 63.2 Å². The molecule has 1 aromatic rings. The number of carbonyl (C=O) groups excluding carboxylic acids is 1. The van der Waals surface area contributed by atoms with Crippen LogP contribution in [0, 0.1) is 0 Å². The molecular formula is C15H22ClN3O2. The van der Waals surface area contributed by atoms with Crippen molar-refractivity contribution in [3.63, 3.8) is 0 Å². The summed E-state index contributed by atoms with van der Waals surface area (Å²) < 4.78 is 5.47. The fourth-order valence-corrected chi connectivity index (χ4v) is 2.57. The molecule has 2 N–H and O–H groups in total. The van der Waals surface area contributed by atoms with E-state index in [1.165, 1.54) is 0 Å². The van der Waals surface area contributed by atoms with Crippen LogP contribution < -0.4 is 10.6 Å². The van der Waals surface area contributed by atoms with Gasteiger partial charge in [0.15, 0.2) is 0 Å². The van der Waals surface area contributed by atoms with Gasteiger partial charge in [-0.05, 0) is 32.3 Å². The summed E-state index contributed by atoms with van der Waals surface area (Å²) in [5.41, 5.74) is 0.487. The van der Waals surface area contributed by atoms with Crippen LogP contribution in [0.15, 0.2) is 12.3 Å². The molecule has 0 saturated carbocycles. The van der Waals surface area contributed by atoms with Crippen LogP contribution in [0.3, 0.4) is 0 Å². The molecule has 0 aliphatic carbocycles. The number of nitrogens with one attached hydrogen (secondary N) is 2. The first-order valence-electron chi connectivity index (χ1n) is 7.42. The van der Waals surface area contributed by atoms with Gasteiger partial charge in [-0.3, -0.25) is 4.79 Å². The van der Waals surface area contributed by atoms with Gasteiger partial charge in [0, 0.05) is 25.4 Å². The third-order valence-electron chi connectivity index (χ3n) is 3.47. The molecule has 5 nitrogen and oxygen atoms in total. The molecule has 2 atom stereocenters. The first kappa shape index (κ1) is 16.0. The molecule has 116 valence electrons. The minimum Gasteiger partial charge on any atom is -0.378 e. The second-order valence-corrected chi connectivity index (χ2v) is 5.76. The van der Waals surface area contributed by atoms with E-state index in [9.17, 15) is 4.79 Å². The van der Waals surface area contributed by atoms with E-state index in [1.807, 2.05) is 6.92 Å². The van der Waals surface area contributed by atoms with Gasteiger partial charge in [-0.25, -0.2) is 4.98 Å². The van der Waals surface area contributed by atoms with Gasteiger partial charge in [0.2, 0.25) is 0 Å². The fourth-order valence-electron chi connectivity index (χ4n) is 2.33. The first-order valence-corrected chi connectivity index (χ1v) is 7.79. The number of carbonyl (C=O) groups is 1. The average Bonchev–Trinajstić information content (AvgIpc) is 2.46. The number of hydrogen-bond donors (Lipinski definition) is 2. The Kier molecular flexibility index (Phi) is 5.82. The van der Waals surface area contributed by atoms with Crippen molar-refractivity contribution < 1.29 is 9.53 Å². The molecule has 1 saturated heterocycles. The number of ether oxygens (including phenoxy) is 1. The van der Waals surface area contributed by atoms with E-state index >= 15 is 0 Å². The normalized spacial score (nSPS) is 21.9. The van der Waals surface area contributed by atoms with Gasteiger partial charge < -0.3 is 15.4 Å². The lowest BCUT2D eigenvalue weighted by atomic mass is 10.0. The van der Waals surface area contributed by atoms with Gasteiger partial charge in [0.1, 0.15) is 5.82 Å². The van der Waals surface area contributed by atoms with E-state index in [2.05, 4.69) is 22.5 Å². The Morgan fingerprint density at radius 1 is 1.57 bits per heavy atom. The molecule has 1 amide bonds. The molecule has 2 rings (SSSR count). The summed E-state index contributed by atoms with van der Waals surface area (Å²) in [5.74, 6) is 0.486. The van der Waals surface area contributed by atoms with Crippen molar-refractivity contribution in [1.29, 1.82) is 0 Å². The first-order chi connectivity index (χ1) is 10.1. The standard InChI is InChI=1S/C15H22ClN3O2/c1-3-5-17-14-13(16)8-11(9-18-14)15(20)19-12-4-6-21-10(2)7-12/h8-10,12H,3-7H2,1-2H3,(H,17,18)(H,19,20). The van der Waals surface area contributed by atoms with E-state index in [4.69, 9.17) is 16.3 Å². The number of rotatable bonds is 5. The molecule has 6 heteroatoms. The van der Waals surface area contributed by atoms with Crippen LogP contribution in [0.25, 0.3) is 0 Å². The lowest BCUT2D eigenvalue weighted by Gasteiger charge is -2.27. The highest BCUT2D eigenvalue weighted by Gasteiger charge is 2.21. The summed E-state index contributed by atoms with van der Waals surface area (Å²) in [7, 11) is 0. The molecule has 0 bridgehead atoms. The zero-order chi connectivity index (χ0) is 15.2. The van der Waals surface area contributed by atoms with Crippen LogP contribution in [0.4, 0.5) is 5.82 Å². The van der Waals surface area contributed by atoms with Crippen LogP contribution in [-0.2, 0) is 4.74 Å².